The van der Waals surface area contributed by atoms with E-state index in [2.05, 4.69) is 11.4 Å². The van der Waals surface area contributed by atoms with E-state index < -0.39 is 5.54 Å². The van der Waals surface area contributed by atoms with Crippen LogP contribution in [0.1, 0.15) is 39.5 Å². The first kappa shape index (κ1) is 19.3. The number of nitrogens with zero attached hydrogens (tertiary/aromatic N) is 1. The Hall–Kier alpha value is -0.670. The monoisotopic (exact) mass is 286 g/mol. The number of methoxy groups -OCH3 is 1. The molecule has 0 aromatic carbocycles. The highest BCUT2D eigenvalue weighted by molar-refractivity contribution is 5.03. The molecule has 0 heterocycles. The highest BCUT2D eigenvalue weighted by Gasteiger charge is 2.20. The predicted molar refractivity (Wildman–Crippen MR) is 79.7 cm³/mol. The summed E-state index contributed by atoms with van der Waals surface area (Å²) in [7, 11) is 1.67. The van der Waals surface area contributed by atoms with Crippen molar-refractivity contribution in [1.82, 2.24) is 5.32 Å². The lowest BCUT2D eigenvalue weighted by Gasteiger charge is -2.22. The van der Waals surface area contributed by atoms with Crippen molar-refractivity contribution < 1.29 is 14.2 Å². The maximum absolute atomic E-state index is 9.11. The van der Waals surface area contributed by atoms with Gasteiger partial charge in [-0.2, -0.15) is 5.26 Å². The zero-order chi connectivity index (χ0) is 15.1. The smallest absolute Gasteiger partial charge is 0.103 e. The Kier molecular flexibility index (Phi) is 12.9. The van der Waals surface area contributed by atoms with E-state index in [9.17, 15) is 0 Å². The molecule has 0 radical (unpaired) electrons. The fourth-order valence-electron chi connectivity index (χ4n) is 1.87. The third kappa shape index (κ3) is 11.2. The van der Waals surface area contributed by atoms with Crippen LogP contribution in [0.5, 0.6) is 0 Å². The zero-order valence-corrected chi connectivity index (χ0v) is 13.2. The van der Waals surface area contributed by atoms with Gasteiger partial charge in [-0.05, 0) is 39.2 Å². The lowest BCUT2D eigenvalue weighted by atomic mass is 9.97. The average molecular weight is 286 g/mol. The lowest BCUT2D eigenvalue weighted by molar-refractivity contribution is 0.0507. The summed E-state index contributed by atoms with van der Waals surface area (Å²) in [4.78, 5) is 0. The molecule has 0 saturated carbocycles. The Labute approximate surface area is 123 Å². The Morgan fingerprint density at radius 3 is 2.25 bits per heavy atom. The molecule has 1 unspecified atom stereocenters. The molecular formula is C15H30N2O3. The fraction of sp³-hybridized carbons (Fsp3) is 0.933. The van der Waals surface area contributed by atoms with Crippen molar-refractivity contribution in [2.24, 2.45) is 0 Å². The van der Waals surface area contributed by atoms with Crippen molar-refractivity contribution in [1.29, 1.82) is 5.26 Å². The molecule has 0 aromatic heterocycles. The highest BCUT2D eigenvalue weighted by Crippen LogP contribution is 2.12. The first-order chi connectivity index (χ1) is 9.68. The number of hydrogen-bond acceptors (Lipinski definition) is 5. The van der Waals surface area contributed by atoms with Crippen LogP contribution in [0.25, 0.3) is 0 Å². The minimum atomic E-state index is -0.399. The normalized spacial score (nSPS) is 13.9. The predicted octanol–water partition coefficient (Wildman–Crippen LogP) is 2.12. The molecule has 1 N–H and O–H groups in total. The summed E-state index contributed by atoms with van der Waals surface area (Å²) >= 11 is 0. The Morgan fingerprint density at radius 2 is 1.65 bits per heavy atom. The van der Waals surface area contributed by atoms with E-state index in [1.807, 2.05) is 13.8 Å². The summed E-state index contributed by atoms with van der Waals surface area (Å²) in [5.74, 6) is 0. The number of nitriles is 1. The summed E-state index contributed by atoms with van der Waals surface area (Å²) in [6.45, 7) is 8.29. The van der Waals surface area contributed by atoms with Crippen LogP contribution >= 0.6 is 0 Å². The molecule has 5 heteroatoms. The Morgan fingerprint density at radius 1 is 1.00 bits per heavy atom. The van der Waals surface area contributed by atoms with Crippen molar-refractivity contribution >= 4 is 0 Å². The topological polar surface area (TPSA) is 63.5 Å². The van der Waals surface area contributed by atoms with E-state index in [0.29, 0.717) is 13.2 Å². The first-order valence-electron chi connectivity index (χ1n) is 7.49. The van der Waals surface area contributed by atoms with Gasteiger partial charge in [0, 0.05) is 26.9 Å². The van der Waals surface area contributed by atoms with Gasteiger partial charge in [-0.1, -0.05) is 6.92 Å². The molecule has 5 nitrogen and oxygen atoms in total. The van der Waals surface area contributed by atoms with Gasteiger partial charge < -0.3 is 14.2 Å². The molecule has 20 heavy (non-hydrogen) atoms. The van der Waals surface area contributed by atoms with Crippen molar-refractivity contribution in [3.05, 3.63) is 0 Å². The number of unbranched alkanes of at least 4 members (excludes halogenated alkanes) is 1. The molecule has 0 saturated heterocycles. The van der Waals surface area contributed by atoms with Crippen molar-refractivity contribution in [2.75, 3.05) is 46.7 Å². The van der Waals surface area contributed by atoms with Crippen molar-refractivity contribution in [3.63, 3.8) is 0 Å². The van der Waals surface area contributed by atoms with Gasteiger partial charge in [-0.3, -0.25) is 5.32 Å². The van der Waals surface area contributed by atoms with Crippen LogP contribution in [0, 0.1) is 11.3 Å². The largest absolute Gasteiger partial charge is 0.382 e. The average Bonchev–Trinajstić information content (AvgIpc) is 2.45. The van der Waals surface area contributed by atoms with Gasteiger partial charge in [-0.15, -0.1) is 0 Å². The first-order valence-corrected chi connectivity index (χ1v) is 7.49. The van der Waals surface area contributed by atoms with Gasteiger partial charge >= 0.3 is 0 Å². The van der Waals surface area contributed by atoms with Gasteiger partial charge in [-0.25, -0.2) is 0 Å². The number of nitrogens with one attached hydrogen (secondary N) is 1. The highest BCUT2D eigenvalue weighted by atomic mass is 16.5. The molecular weight excluding hydrogens is 256 g/mol. The Balaban J connectivity index is 3.30. The molecule has 0 fully saturated rings. The summed E-state index contributed by atoms with van der Waals surface area (Å²) in [6.07, 6.45) is 3.77. The summed E-state index contributed by atoms with van der Waals surface area (Å²) in [6, 6.07) is 2.34. The van der Waals surface area contributed by atoms with Crippen LogP contribution in [0.4, 0.5) is 0 Å². The van der Waals surface area contributed by atoms with Crippen LogP contribution < -0.4 is 5.32 Å². The Bertz CT molecular complexity index is 256. The van der Waals surface area contributed by atoms with Gasteiger partial charge in [0.15, 0.2) is 0 Å². The van der Waals surface area contributed by atoms with Gasteiger partial charge in [0.1, 0.15) is 5.54 Å². The minimum Gasteiger partial charge on any atom is -0.382 e. The van der Waals surface area contributed by atoms with Gasteiger partial charge in [0.2, 0.25) is 0 Å². The second-order valence-electron chi connectivity index (χ2n) is 5.00. The van der Waals surface area contributed by atoms with E-state index in [1.54, 1.807) is 7.11 Å². The third-order valence-corrected chi connectivity index (χ3v) is 3.04. The van der Waals surface area contributed by atoms with Crippen LogP contribution in [-0.4, -0.2) is 52.2 Å². The molecule has 0 aliphatic rings. The molecule has 0 aromatic rings. The molecule has 118 valence electrons. The zero-order valence-electron chi connectivity index (χ0n) is 13.2. The lowest BCUT2D eigenvalue weighted by Crippen LogP contribution is -2.40. The summed E-state index contributed by atoms with van der Waals surface area (Å²) in [5.41, 5.74) is -0.399. The maximum atomic E-state index is 9.11. The standard InChI is InChI=1S/C15H30N2O3/c1-4-17-15(2,14-16)8-5-6-9-19-10-7-11-20-13-12-18-3/h17H,4-13H2,1-3H3. The SMILES string of the molecule is CCNC(C)(C#N)CCCCOCCCOCCOC. The summed E-state index contributed by atoms with van der Waals surface area (Å²) < 4.78 is 15.8. The van der Waals surface area contributed by atoms with E-state index in [-0.39, 0.29) is 0 Å². The molecule has 0 aliphatic carbocycles. The van der Waals surface area contributed by atoms with Gasteiger partial charge in [0.05, 0.1) is 19.3 Å². The molecule has 0 rings (SSSR count). The number of rotatable bonds is 14. The molecule has 0 bridgehead atoms. The van der Waals surface area contributed by atoms with E-state index in [0.717, 1.165) is 52.0 Å². The molecule has 1 atom stereocenters. The van der Waals surface area contributed by atoms with E-state index in [4.69, 9.17) is 19.5 Å². The van der Waals surface area contributed by atoms with Crippen LogP contribution in [0.2, 0.25) is 0 Å². The van der Waals surface area contributed by atoms with Crippen LogP contribution in [-0.2, 0) is 14.2 Å². The van der Waals surface area contributed by atoms with Crippen LogP contribution in [0.3, 0.4) is 0 Å². The molecule has 0 amide bonds. The minimum absolute atomic E-state index is 0.399. The molecule has 0 aliphatic heterocycles. The second kappa shape index (κ2) is 13.3. The van der Waals surface area contributed by atoms with Crippen LogP contribution in [0.15, 0.2) is 0 Å². The van der Waals surface area contributed by atoms with Crippen molar-refractivity contribution in [2.45, 2.75) is 45.1 Å². The van der Waals surface area contributed by atoms with E-state index in [1.165, 1.54) is 0 Å². The van der Waals surface area contributed by atoms with E-state index >= 15 is 0 Å². The maximum Gasteiger partial charge on any atom is 0.103 e. The number of ether oxygens (including phenoxy) is 3. The summed E-state index contributed by atoms with van der Waals surface area (Å²) in [5, 5.41) is 12.3. The number of hydrogen-bond donors (Lipinski definition) is 1. The van der Waals surface area contributed by atoms with Crippen molar-refractivity contribution in [3.8, 4) is 6.07 Å². The third-order valence-electron chi connectivity index (χ3n) is 3.04. The van der Waals surface area contributed by atoms with Gasteiger partial charge in [0.25, 0.3) is 0 Å². The second-order valence-corrected chi connectivity index (χ2v) is 5.00. The molecule has 0 spiro atoms. The quantitative estimate of drug-likeness (QED) is 0.496. The fourth-order valence-corrected chi connectivity index (χ4v) is 1.87.